The summed E-state index contributed by atoms with van der Waals surface area (Å²) in [6.07, 6.45) is 4.33. The first kappa shape index (κ1) is 9.93. The van der Waals surface area contributed by atoms with E-state index < -0.39 is 0 Å². The van der Waals surface area contributed by atoms with Gasteiger partial charge in [0.25, 0.3) is 0 Å². The fraction of sp³-hybridized carbons (Fsp3) is 0.778. The van der Waals surface area contributed by atoms with E-state index in [9.17, 15) is 0 Å². The molecule has 78 valence electrons. The molecule has 1 atom stereocenters. The standard InChI is InChI=1S/C9H14ClN3O/c1-14-6-8(10)9-4-11-12-13(9)5-7-2-3-7/h4,7-8H,2-3,5-6H2,1H3. The SMILES string of the molecule is COCC(Cl)c1cnnn1CC1CC1. The monoisotopic (exact) mass is 215 g/mol. The van der Waals surface area contributed by atoms with Crippen molar-refractivity contribution in [3.05, 3.63) is 11.9 Å². The number of rotatable bonds is 5. The lowest BCUT2D eigenvalue weighted by Crippen LogP contribution is -2.10. The molecule has 0 aromatic carbocycles. The summed E-state index contributed by atoms with van der Waals surface area (Å²) < 4.78 is 6.90. The molecule has 1 unspecified atom stereocenters. The normalized spacial score (nSPS) is 18.4. The molecular weight excluding hydrogens is 202 g/mol. The van der Waals surface area contributed by atoms with E-state index >= 15 is 0 Å². The van der Waals surface area contributed by atoms with Gasteiger partial charge in [0, 0.05) is 13.7 Å². The van der Waals surface area contributed by atoms with Crippen LogP contribution in [0.3, 0.4) is 0 Å². The summed E-state index contributed by atoms with van der Waals surface area (Å²) >= 11 is 6.13. The van der Waals surface area contributed by atoms with E-state index in [1.54, 1.807) is 13.3 Å². The van der Waals surface area contributed by atoms with Gasteiger partial charge in [-0.15, -0.1) is 16.7 Å². The highest BCUT2D eigenvalue weighted by Crippen LogP contribution is 2.31. The Morgan fingerprint density at radius 2 is 2.50 bits per heavy atom. The Bertz CT molecular complexity index is 298. The summed E-state index contributed by atoms with van der Waals surface area (Å²) in [5, 5.41) is 7.76. The third kappa shape index (κ3) is 2.25. The van der Waals surface area contributed by atoms with Crippen molar-refractivity contribution >= 4 is 11.6 Å². The van der Waals surface area contributed by atoms with Crippen LogP contribution < -0.4 is 0 Å². The van der Waals surface area contributed by atoms with Gasteiger partial charge < -0.3 is 4.74 Å². The lowest BCUT2D eigenvalue weighted by molar-refractivity contribution is 0.196. The molecule has 1 fully saturated rings. The van der Waals surface area contributed by atoms with Crippen LogP contribution in [-0.4, -0.2) is 28.7 Å². The molecule has 1 aromatic heterocycles. The Hall–Kier alpha value is -0.610. The molecule has 0 aliphatic heterocycles. The predicted molar refractivity (Wildman–Crippen MR) is 53.2 cm³/mol. The van der Waals surface area contributed by atoms with E-state index in [-0.39, 0.29) is 5.38 Å². The molecule has 1 aromatic rings. The first-order valence-corrected chi connectivity index (χ1v) is 5.26. The van der Waals surface area contributed by atoms with Crippen molar-refractivity contribution in [2.75, 3.05) is 13.7 Å². The third-order valence-corrected chi connectivity index (χ3v) is 2.76. The van der Waals surface area contributed by atoms with E-state index in [2.05, 4.69) is 10.3 Å². The zero-order valence-corrected chi connectivity index (χ0v) is 8.94. The first-order valence-electron chi connectivity index (χ1n) is 4.82. The molecular formula is C9H14ClN3O. The molecule has 2 rings (SSSR count). The molecule has 0 spiro atoms. The minimum Gasteiger partial charge on any atom is -0.383 e. The molecule has 5 heteroatoms. The van der Waals surface area contributed by atoms with E-state index in [1.165, 1.54) is 12.8 Å². The molecule has 1 aliphatic carbocycles. The molecule has 1 aliphatic rings. The maximum Gasteiger partial charge on any atom is 0.100 e. The van der Waals surface area contributed by atoms with Gasteiger partial charge in [-0.3, -0.25) is 0 Å². The number of hydrogen-bond donors (Lipinski definition) is 0. The summed E-state index contributed by atoms with van der Waals surface area (Å²) in [4.78, 5) is 0. The van der Waals surface area contributed by atoms with Crippen LogP contribution in [0, 0.1) is 5.92 Å². The maximum absolute atomic E-state index is 6.13. The van der Waals surface area contributed by atoms with Gasteiger partial charge in [0.2, 0.25) is 0 Å². The van der Waals surface area contributed by atoms with Crippen LogP contribution in [0.2, 0.25) is 0 Å². The highest BCUT2D eigenvalue weighted by atomic mass is 35.5. The first-order chi connectivity index (χ1) is 6.81. The van der Waals surface area contributed by atoms with Gasteiger partial charge in [-0.25, -0.2) is 4.68 Å². The maximum atomic E-state index is 6.13. The smallest absolute Gasteiger partial charge is 0.100 e. The fourth-order valence-corrected chi connectivity index (χ4v) is 1.72. The molecule has 0 amide bonds. The highest BCUT2D eigenvalue weighted by Gasteiger charge is 2.24. The zero-order chi connectivity index (χ0) is 9.97. The van der Waals surface area contributed by atoms with Crippen molar-refractivity contribution in [3.63, 3.8) is 0 Å². The second-order valence-electron chi connectivity index (χ2n) is 3.71. The largest absolute Gasteiger partial charge is 0.383 e. The number of hydrogen-bond acceptors (Lipinski definition) is 3. The molecule has 14 heavy (non-hydrogen) atoms. The van der Waals surface area contributed by atoms with E-state index in [0.29, 0.717) is 6.61 Å². The van der Waals surface area contributed by atoms with Crippen molar-refractivity contribution in [2.45, 2.75) is 24.8 Å². The Kier molecular flexibility index (Phi) is 3.03. The summed E-state index contributed by atoms with van der Waals surface area (Å²) in [5.74, 6) is 0.780. The fourth-order valence-electron chi connectivity index (χ4n) is 1.43. The Labute approximate surface area is 88.2 Å². The molecule has 1 heterocycles. The topological polar surface area (TPSA) is 39.9 Å². The lowest BCUT2D eigenvalue weighted by atomic mass is 10.3. The average Bonchev–Trinajstić information content (AvgIpc) is 2.82. The summed E-state index contributed by atoms with van der Waals surface area (Å²) in [7, 11) is 1.64. The second-order valence-corrected chi connectivity index (χ2v) is 4.23. The van der Waals surface area contributed by atoms with E-state index in [0.717, 1.165) is 18.2 Å². The van der Waals surface area contributed by atoms with Crippen LogP contribution >= 0.6 is 11.6 Å². The second kappa shape index (κ2) is 4.28. The number of ether oxygens (including phenoxy) is 1. The van der Waals surface area contributed by atoms with Gasteiger partial charge >= 0.3 is 0 Å². The Morgan fingerprint density at radius 3 is 3.14 bits per heavy atom. The average molecular weight is 216 g/mol. The number of aromatic nitrogens is 3. The minimum atomic E-state index is -0.145. The number of halogens is 1. The van der Waals surface area contributed by atoms with Crippen LogP contribution in [0.1, 0.15) is 23.9 Å². The summed E-state index contributed by atoms with van der Waals surface area (Å²) in [6.45, 7) is 1.45. The quantitative estimate of drug-likeness (QED) is 0.701. The van der Waals surface area contributed by atoms with Gasteiger partial charge in [-0.2, -0.15) is 0 Å². The van der Waals surface area contributed by atoms with Crippen molar-refractivity contribution in [1.29, 1.82) is 0 Å². The molecule has 1 saturated carbocycles. The summed E-state index contributed by atoms with van der Waals surface area (Å²) in [6, 6.07) is 0. The van der Waals surface area contributed by atoms with Gasteiger partial charge in [0.05, 0.1) is 18.5 Å². The van der Waals surface area contributed by atoms with E-state index in [1.807, 2.05) is 4.68 Å². The van der Waals surface area contributed by atoms with Crippen LogP contribution in [-0.2, 0) is 11.3 Å². The third-order valence-electron chi connectivity index (χ3n) is 2.41. The molecule has 4 nitrogen and oxygen atoms in total. The summed E-state index contributed by atoms with van der Waals surface area (Å²) in [5.41, 5.74) is 0.959. The molecule has 0 bridgehead atoms. The zero-order valence-electron chi connectivity index (χ0n) is 8.19. The predicted octanol–water partition coefficient (Wildman–Crippen LogP) is 1.61. The molecule has 0 N–H and O–H groups in total. The van der Waals surface area contributed by atoms with Crippen LogP contribution in [0.5, 0.6) is 0 Å². The molecule has 0 radical (unpaired) electrons. The van der Waals surface area contributed by atoms with Crippen molar-refractivity contribution in [1.82, 2.24) is 15.0 Å². The number of nitrogens with zero attached hydrogens (tertiary/aromatic N) is 3. The highest BCUT2D eigenvalue weighted by molar-refractivity contribution is 6.20. The van der Waals surface area contributed by atoms with Crippen LogP contribution in [0.4, 0.5) is 0 Å². The molecule has 0 saturated heterocycles. The Morgan fingerprint density at radius 1 is 1.71 bits per heavy atom. The van der Waals surface area contributed by atoms with Crippen LogP contribution in [0.15, 0.2) is 6.20 Å². The van der Waals surface area contributed by atoms with Crippen LogP contribution in [0.25, 0.3) is 0 Å². The van der Waals surface area contributed by atoms with Gasteiger partial charge in [-0.1, -0.05) is 5.21 Å². The van der Waals surface area contributed by atoms with Gasteiger partial charge in [0.15, 0.2) is 0 Å². The van der Waals surface area contributed by atoms with Crippen molar-refractivity contribution in [3.8, 4) is 0 Å². The van der Waals surface area contributed by atoms with Gasteiger partial charge in [0.1, 0.15) is 5.38 Å². The van der Waals surface area contributed by atoms with Gasteiger partial charge in [-0.05, 0) is 18.8 Å². The minimum absolute atomic E-state index is 0.145. The van der Waals surface area contributed by atoms with Crippen molar-refractivity contribution < 1.29 is 4.74 Å². The van der Waals surface area contributed by atoms with E-state index in [4.69, 9.17) is 16.3 Å². The van der Waals surface area contributed by atoms with Crippen molar-refractivity contribution in [2.24, 2.45) is 5.92 Å². The number of methoxy groups -OCH3 is 1. The lowest BCUT2D eigenvalue weighted by Gasteiger charge is -2.09. The Balaban J connectivity index is 2.03. The number of alkyl halides is 1.